The Hall–Kier alpha value is -4.25. The van der Waals surface area contributed by atoms with E-state index in [1.54, 1.807) is 0 Å². The number of carbonyl (C=O) groups is 1. The fourth-order valence-electron chi connectivity index (χ4n) is 6.66. The predicted octanol–water partition coefficient (Wildman–Crippen LogP) is 10.3. The maximum Gasteiger partial charge on any atom is 0.340 e. The average molecular weight is 603 g/mol. The summed E-state index contributed by atoms with van der Waals surface area (Å²) in [5.74, 6) is 2.47. The van der Waals surface area contributed by atoms with Gasteiger partial charge in [-0.2, -0.15) is 0 Å². The summed E-state index contributed by atoms with van der Waals surface area (Å²) >= 11 is 0. The number of ether oxygens (including phenoxy) is 2. The molecule has 5 nitrogen and oxygen atoms in total. The molecule has 6 rings (SSSR count). The number of fused-ring (bicyclic) bond motifs is 6. The first-order chi connectivity index (χ1) is 21.7. The van der Waals surface area contributed by atoms with Gasteiger partial charge in [0.25, 0.3) is 0 Å². The van der Waals surface area contributed by atoms with Crippen LogP contribution in [0.25, 0.3) is 0 Å². The maximum absolute atomic E-state index is 13.5. The number of unbranched alkanes of at least 4 members (excludes halogenated alkanes) is 1. The van der Waals surface area contributed by atoms with Crippen molar-refractivity contribution in [1.82, 2.24) is 0 Å². The smallest absolute Gasteiger partial charge is 0.340 e. The van der Waals surface area contributed by atoms with Gasteiger partial charge in [-0.25, -0.2) is 4.79 Å². The van der Waals surface area contributed by atoms with Gasteiger partial charge in [0, 0.05) is 52.9 Å². The van der Waals surface area contributed by atoms with Crippen LogP contribution in [0, 0.1) is 25.7 Å². The topological polar surface area (TPSA) is 50.8 Å². The molecule has 0 saturated carbocycles. The summed E-state index contributed by atoms with van der Waals surface area (Å²) in [6.45, 7) is 15.3. The number of nitrogens with one attached hydrogen (secondary N) is 1. The van der Waals surface area contributed by atoms with Gasteiger partial charge >= 0.3 is 5.97 Å². The van der Waals surface area contributed by atoms with Crippen molar-refractivity contribution in [2.75, 3.05) is 23.3 Å². The van der Waals surface area contributed by atoms with Crippen LogP contribution in [-0.4, -0.2) is 19.1 Å². The molecule has 2 heterocycles. The van der Waals surface area contributed by atoms with Gasteiger partial charge in [-0.15, -0.1) is 0 Å². The molecule has 0 radical (unpaired) electrons. The van der Waals surface area contributed by atoms with Gasteiger partial charge in [-0.1, -0.05) is 70.9 Å². The van der Waals surface area contributed by atoms with E-state index >= 15 is 0 Å². The number of nitrogens with zero attached hydrogens (tertiary/aromatic N) is 1. The third-order valence-electron chi connectivity index (χ3n) is 9.14. The SMILES string of the molecule is Cc1cccc(Nc2cc3c(cc2C)Oc2cc(N(CCCCC(C)C)CCC(C)C)ccc2C32OC(=O)c3ccccc32)c1. The molecule has 1 atom stereocenters. The van der Waals surface area contributed by atoms with Crippen LogP contribution in [0.3, 0.4) is 0 Å². The fourth-order valence-corrected chi connectivity index (χ4v) is 6.66. The Labute approximate surface area is 268 Å². The number of rotatable bonds is 11. The molecule has 0 saturated heterocycles. The Bertz CT molecular complexity index is 1710. The van der Waals surface area contributed by atoms with Crippen LogP contribution in [0.5, 0.6) is 11.5 Å². The Morgan fingerprint density at radius 2 is 1.53 bits per heavy atom. The highest BCUT2D eigenvalue weighted by atomic mass is 16.6. The lowest BCUT2D eigenvalue weighted by molar-refractivity contribution is 0.0224. The zero-order chi connectivity index (χ0) is 31.7. The Morgan fingerprint density at radius 3 is 2.31 bits per heavy atom. The number of hydrogen-bond donors (Lipinski definition) is 1. The molecule has 1 N–H and O–H groups in total. The molecule has 2 aliphatic rings. The minimum absolute atomic E-state index is 0.314. The average Bonchev–Trinajstić information content (AvgIpc) is 3.30. The first-order valence-electron chi connectivity index (χ1n) is 16.5. The van der Waals surface area contributed by atoms with Crippen molar-refractivity contribution in [2.45, 2.75) is 72.8 Å². The van der Waals surface area contributed by atoms with Gasteiger partial charge in [0.15, 0.2) is 5.60 Å². The molecule has 0 amide bonds. The Morgan fingerprint density at radius 1 is 0.756 bits per heavy atom. The van der Waals surface area contributed by atoms with E-state index in [1.165, 1.54) is 18.4 Å². The van der Waals surface area contributed by atoms with Crippen LogP contribution in [0.15, 0.2) is 78.9 Å². The largest absolute Gasteiger partial charge is 0.456 e. The number of benzene rings is 4. The molecule has 4 aromatic rings. The van der Waals surface area contributed by atoms with Crippen LogP contribution in [0.4, 0.5) is 17.1 Å². The molecule has 45 heavy (non-hydrogen) atoms. The Kier molecular flexibility index (Phi) is 8.63. The summed E-state index contributed by atoms with van der Waals surface area (Å²) in [7, 11) is 0. The molecule has 0 aliphatic carbocycles. The molecule has 234 valence electrons. The van der Waals surface area contributed by atoms with E-state index in [4.69, 9.17) is 9.47 Å². The molecular weight excluding hydrogens is 556 g/mol. The highest BCUT2D eigenvalue weighted by Gasteiger charge is 2.53. The van der Waals surface area contributed by atoms with Crippen molar-refractivity contribution in [1.29, 1.82) is 0 Å². The van der Waals surface area contributed by atoms with Crippen LogP contribution < -0.4 is 15.0 Å². The van der Waals surface area contributed by atoms with Gasteiger partial charge < -0.3 is 19.7 Å². The molecular formula is C40H46N2O3. The lowest BCUT2D eigenvalue weighted by Crippen LogP contribution is -2.33. The van der Waals surface area contributed by atoms with E-state index in [0.717, 1.165) is 76.9 Å². The van der Waals surface area contributed by atoms with E-state index in [9.17, 15) is 4.79 Å². The number of carbonyl (C=O) groups excluding carboxylic acids is 1. The highest BCUT2D eigenvalue weighted by molar-refractivity contribution is 5.97. The zero-order valence-electron chi connectivity index (χ0n) is 27.6. The van der Waals surface area contributed by atoms with Gasteiger partial charge in [0.1, 0.15) is 11.5 Å². The number of esters is 1. The molecule has 4 aromatic carbocycles. The number of anilines is 3. The summed E-state index contributed by atoms with van der Waals surface area (Å²) in [5, 5.41) is 3.60. The van der Waals surface area contributed by atoms with Crippen LogP contribution >= 0.6 is 0 Å². The van der Waals surface area contributed by atoms with Crippen molar-refractivity contribution in [3.05, 3.63) is 112 Å². The Balaban J connectivity index is 1.44. The molecule has 0 aromatic heterocycles. The van der Waals surface area contributed by atoms with E-state index in [0.29, 0.717) is 17.2 Å². The van der Waals surface area contributed by atoms with Crippen molar-refractivity contribution in [3.63, 3.8) is 0 Å². The molecule has 2 aliphatic heterocycles. The third-order valence-corrected chi connectivity index (χ3v) is 9.14. The van der Waals surface area contributed by atoms with Crippen LogP contribution in [0.1, 0.15) is 91.6 Å². The molecule has 5 heteroatoms. The summed E-state index contributed by atoms with van der Waals surface area (Å²) in [6, 6.07) is 26.7. The van der Waals surface area contributed by atoms with Crippen molar-refractivity contribution < 1.29 is 14.3 Å². The minimum Gasteiger partial charge on any atom is -0.456 e. The molecule has 0 fully saturated rings. The summed E-state index contributed by atoms with van der Waals surface area (Å²) < 4.78 is 13.2. The first-order valence-corrected chi connectivity index (χ1v) is 16.5. The summed E-state index contributed by atoms with van der Waals surface area (Å²) in [5.41, 5.74) is 7.35. The lowest BCUT2D eigenvalue weighted by atomic mass is 9.77. The molecule has 1 spiro atoms. The lowest BCUT2D eigenvalue weighted by Gasteiger charge is -2.38. The monoisotopic (exact) mass is 602 g/mol. The number of hydrogen-bond acceptors (Lipinski definition) is 5. The number of aryl methyl sites for hydroxylation is 2. The van der Waals surface area contributed by atoms with Gasteiger partial charge in [0.05, 0.1) is 5.56 Å². The van der Waals surface area contributed by atoms with Crippen molar-refractivity contribution in [3.8, 4) is 11.5 Å². The summed E-state index contributed by atoms with van der Waals surface area (Å²) in [4.78, 5) is 16.0. The minimum atomic E-state index is -1.11. The van der Waals surface area contributed by atoms with Crippen LogP contribution in [0.2, 0.25) is 0 Å². The second-order valence-electron chi connectivity index (χ2n) is 13.6. The second-order valence-corrected chi connectivity index (χ2v) is 13.6. The van der Waals surface area contributed by atoms with E-state index < -0.39 is 5.60 Å². The fraction of sp³-hybridized carbons (Fsp3) is 0.375. The van der Waals surface area contributed by atoms with Gasteiger partial charge in [0.2, 0.25) is 0 Å². The second kappa shape index (κ2) is 12.6. The van der Waals surface area contributed by atoms with E-state index in [2.05, 4.69) is 100 Å². The normalized spacial score (nSPS) is 16.3. The third kappa shape index (κ3) is 6.05. The predicted molar refractivity (Wildman–Crippen MR) is 184 cm³/mol. The standard InChI is InChI=1S/C40H46N2O3/c1-26(2)12-9-10-20-42(21-19-27(3)4)31-17-18-34-38(24-31)44-37-23-29(6)36(41-30-14-11-13-28(5)22-30)25-35(37)40(34)33-16-8-7-15-32(33)39(43)45-40/h7-8,11,13-18,22-27,41H,9-10,12,19-21H2,1-6H3. The zero-order valence-corrected chi connectivity index (χ0v) is 27.6. The first kappa shape index (κ1) is 30.8. The van der Waals surface area contributed by atoms with Crippen molar-refractivity contribution in [2.24, 2.45) is 11.8 Å². The van der Waals surface area contributed by atoms with Crippen LogP contribution in [-0.2, 0) is 10.3 Å². The quantitative estimate of drug-likeness (QED) is 0.137. The van der Waals surface area contributed by atoms with E-state index in [-0.39, 0.29) is 5.97 Å². The maximum atomic E-state index is 13.5. The molecule has 0 bridgehead atoms. The van der Waals surface area contributed by atoms with Gasteiger partial charge in [-0.3, -0.25) is 0 Å². The highest BCUT2D eigenvalue weighted by Crippen LogP contribution is 2.57. The van der Waals surface area contributed by atoms with E-state index in [1.807, 2.05) is 30.3 Å². The summed E-state index contributed by atoms with van der Waals surface area (Å²) in [6.07, 6.45) is 4.74. The van der Waals surface area contributed by atoms with Gasteiger partial charge in [-0.05, 0) is 92.1 Å². The van der Waals surface area contributed by atoms with Crippen molar-refractivity contribution >= 4 is 23.0 Å². The molecule has 1 unspecified atom stereocenters.